The van der Waals surface area contributed by atoms with Gasteiger partial charge >= 0.3 is 0 Å². The zero-order chi connectivity index (χ0) is 14.4. The highest BCUT2D eigenvalue weighted by atomic mass is 16.5. The monoisotopic (exact) mass is 278 g/mol. The number of anilines is 1. The molecular formula is C13H22N6O. The second-order valence-electron chi connectivity index (χ2n) is 4.76. The quantitative estimate of drug-likeness (QED) is 0.730. The van der Waals surface area contributed by atoms with Crippen LogP contribution in [0.3, 0.4) is 0 Å². The van der Waals surface area contributed by atoms with Gasteiger partial charge in [-0.3, -0.25) is 4.68 Å². The molecular weight excluding hydrogens is 256 g/mol. The lowest BCUT2D eigenvalue weighted by Gasteiger charge is -2.08. The number of nitrogens with one attached hydrogen (secondary N) is 1. The normalized spacial score (nSPS) is 10.9. The van der Waals surface area contributed by atoms with Gasteiger partial charge in [-0.1, -0.05) is 0 Å². The number of hydrogen-bond donors (Lipinski definition) is 1. The van der Waals surface area contributed by atoms with Gasteiger partial charge in [-0.25, -0.2) is 9.97 Å². The molecule has 0 saturated heterocycles. The Bertz CT molecular complexity index is 533. The highest BCUT2D eigenvalue weighted by Gasteiger charge is 2.05. The van der Waals surface area contributed by atoms with Crippen LogP contribution in [0.2, 0.25) is 0 Å². The van der Waals surface area contributed by atoms with Crippen LogP contribution in [0.15, 0.2) is 12.5 Å². The van der Waals surface area contributed by atoms with Gasteiger partial charge in [0, 0.05) is 46.5 Å². The molecule has 0 atom stereocenters. The summed E-state index contributed by atoms with van der Waals surface area (Å²) in [7, 11) is 3.59. The highest BCUT2D eigenvalue weighted by molar-refractivity contribution is 5.28. The van der Waals surface area contributed by atoms with E-state index in [0.29, 0.717) is 0 Å². The van der Waals surface area contributed by atoms with Crippen LogP contribution in [-0.4, -0.2) is 44.6 Å². The van der Waals surface area contributed by atoms with Crippen LogP contribution in [0.1, 0.15) is 17.9 Å². The van der Waals surface area contributed by atoms with Crippen LogP contribution in [0.25, 0.3) is 0 Å². The summed E-state index contributed by atoms with van der Waals surface area (Å²) in [6, 6.07) is 0. The molecule has 1 N–H and O–H groups in total. The number of ether oxygens (including phenoxy) is 1. The Morgan fingerprint density at radius 1 is 1.40 bits per heavy atom. The second-order valence-corrected chi connectivity index (χ2v) is 4.76. The minimum absolute atomic E-state index is 0.758. The summed E-state index contributed by atoms with van der Waals surface area (Å²) in [6.45, 7) is 4.43. The van der Waals surface area contributed by atoms with Crippen molar-refractivity contribution in [2.75, 3.05) is 25.6 Å². The maximum absolute atomic E-state index is 5.08. The number of hydrogen-bond acceptors (Lipinski definition) is 5. The van der Waals surface area contributed by atoms with Crippen molar-refractivity contribution in [3.8, 4) is 0 Å². The molecule has 0 radical (unpaired) electrons. The molecule has 7 nitrogen and oxygen atoms in total. The Balaban J connectivity index is 1.85. The largest absolute Gasteiger partial charge is 0.385 e. The van der Waals surface area contributed by atoms with Gasteiger partial charge in [-0.05, 0) is 13.3 Å². The van der Waals surface area contributed by atoms with Crippen LogP contribution in [-0.2, 0) is 24.8 Å². The van der Waals surface area contributed by atoms with Crippen molar-refractivity contribution in [3.05, 3.63) is 24.0 Å². The van der Waals surface area contributed by atoms with E-state index in [-0.39, 0.29) is 0 Å². The molecule has 0 amide bonds. The van der Waals surface area contributed by atoms with E-state index in [1.54, 1.807) is 18.1 Å². The lowest BCUT2D eigenvalue weighted by Crippen LogP contribution is -2.12. The molecule has 0 aliphatic heterocycles. The first kappa shape index (κ1) is 14.5. The summed E-state index contributed by atoms with van der Waals surface area (Å²) < 4.78 is 8.92. The van der Waals surface area contributed by atoms with Gasteiger partial charge in [0.2, 0.25) is 5.95 Å². The molecule has 0 bridgehead atoms. The number of methoxy groups -OCH3 is 1. The van der Waals surface area contributed by atoms with E-state index in [1.807, 2.05) is 14.0 Å². The molecule has 0 saturated carbocycles. The number of aromatic nitrogens is 5. The van der Waals surface area contributed by atoms with E-state index in [9.17, 15) is 0 Å². The number of rotatable bonds is 8. The third kappa shape index (κ3) is 4.06. The maximum Gasteiger partial charge on any atom is 0.203 e. The Morgan fingerprint density at radius 2 is 2.25 bits per heavy atom. The molecule has 20 heavy (non-hydrogen) atoms. The van der Waals surface area contributed by atoms with Crippen molar-refractivity contribution in [2.24, 2.45) is 7.05 Å². The summed E-state index contributed by atoms with van der Waals surface area (Å²) >= 11 is 0. The molecule has 110 valence electrons. The Kier molecular flexibility index (Phi) is 5.11. The van der Waals surface area contributed by atoms with E-state index >= 15 is 0 Å². The second kappa shape index (κ2) is 7.04. The average molecular weight is 278 g/mol. The lowest BCUT2D eigenvalue weighted by molar-refractivity contribution is 0.190. The van der Waals surface area contributed by atoms with Crippen molar-refractivity contribution < 1.29 is 4.74 Å². The van der Waals surface area contributed by atoms with Crippen molar-refractivity contribution >= 4 is 5.95 Å². The molecule has 0 unspecified atom stereocenters. The third-order valence-electron chi connectivity index (χ3n) is 2.92. The smallest absolute Gasteiger partial charge is 0.203 e. The van der Waals surface area contributed by atoms with Gasteiger partial charge in [0.05, 0.1) is 5.69 Å². The summed E-state index contributed by atoms with van der Waals surface area (Å²) in [5.41, 5.74) is 1.01. The molecule has 0 spiro atoms. The first-order valence-corrected chi connectivity index (χ1v) is 6.80. The molecule has 2 rings (SSSR count). The third-order valence-corrected chi connectivity index (χ3v) is 2.92. The topological polar surface area (TPSA) is 69.8 Å². The minimum Gasteiger partial charge on any atom is -0.385 e. The standard InChI is InChI=1S/C13H22N6O/c1-11-9-19(7-4-8-20-3)13(16-11)14-6-5-12-15-10-18(2)17-12/h9-10H,4-8H2,1-3H3,(H,14,16). The van der Waals surface area contributed by atoms with Gasteiger partial charge in [0.1, 0.15) is 6.33 Å². The molecule has 0 fully saturated rings. The minimum atomic E-state index is 0.758. The van der Waals surface area contributed by atoms with Crippen molar-refractivity contribution in [3.63, 3.8) is 0 Å². The van der Waals surface area contributed by atoms with Crippen LogP contribution >= 0.6 is 0 Å². The zero-order valence-electron chi connectivity index (χ0n) is 12.3. The summed E-state index contributed by atoms with van der Waals surface area (Å²) in [4.78, 5) is 8.69. The van der Waals surface area contributed by atoms with Crippen LogP contribution in [0, 0.1) is 6.92 Å². The summed E-state index contributed by atoms with van der Waals surface area (Å²) in [5, 5.41) is 7.59. The van der Waals surface area contributed by atoms with Crippen LogP contribution in [0.5, 0.6) is 0 Å². The number of imidazole rings is 1. The molecule has 2 aromatic rings. The Morgan fingerprint density at radius 3 is 2.95 bits per heavy atom. The predicted octanol–water partition coefficient (Wildman–Crippen LogP) is 1.01. The van der Waals surface area contributed by atoms with Crippen molar-refractivity contribution in [1.29, 1.82) is 0 Å². The van der Waals surface area contributed by atoms with Gasteiger partial charge in [0.15, 0.2) is 5.82 Å². The SMILES string of the molecule is COCCCn1cc(C)nc1NCCc1ncn(C)n1. The van der Waals surface area contributed by atoms with E-state index < -0.39 is 0 Å². The molecule has 0 aliphatic carbocycles. The maximum atomic E-state index is 5.08. The fourth-order valence-electron chi connectivity index (χ4n) is 2.02. The van der Waals surface area contributed by atoms with Crippen molar-refractivity contribution in [1.82, 2.24) is 24.3 Å². The summed E-state index contributed by atoms with van der Waals surface area (Å²) in [6.07, 6.45) is 5.52. The van der Waals surface area contributed by atoms with Gasteiger partial charge < -0.3 is 14.6 Å². The average Bonchev–Trinajstić information content (AvgIpc) is 2.97. The van der Waals surface area contributed by atoms with E-state index in [4.69, 9.17) is 4.74 Å². The van der Waals surface area contributed by atoms with E-state index in [1.165, 1.54) is 0 Å². The van der Waals surface area contributed by atoms with Gasteiger partial charge in [0.25, 0.3) is 0 Å². The number of nitrogens with zero attached hydrogens (tertiary/aromatic N) is 5. The fourth-order valence-corrected chi connectivity index (χ4v) is 2.02. The molecule has 0 aromatic carbocycles. The Hall–Kier alpha value is -1.89. The molecule has 2 heterocycles. The Labute approximate surface area is 119 Å². The number of aryl methyl sites for hydroxylation is 3. The van der Waals surface area contributed by atoms with E-state index in [2.05, 4.69) is 31.1 Å². The highest BCUT2D eigenvalue weighted by Crippen LogP contribution is 2.09. The first-order chi connectivity index (χ1) is 9.69. The lowest BCUT2D eigenvalue weighted by atomic mass is 10.4. The van der Waals surface area contributed by atoms with Gasteiger partial charge in [-0.2, -0.15) is 5.10 Å². The van der Waals surface area contributed by atoms with Crippen LogP contribution < -0.4 is 5.32 Å². The predicted molar refractivity (Wildman–Crippen MR) is 76.7 cm³/mol. The summed E-state index contributed by atoms with van der Waals surface area (Å²) in [5.74, 6) is 1.74. The zero-order valence-corrected chi connectivity index (χ0v) is 12.3. The van der Waals surface area contributed by atoms with Crippen molar-refractivity contribution in [2.45, 2.75) is 26.3 Å². The first-order valence-electron chi connectivity index (χ1n) is 6.80. The molecule has 7 heteroatoms. The van der Waals surface area contributed by atoms with Crippen LogP contribution in [0.4, 0.5) is 5.95 Å². The molecule has 2 aromatic heterocycles. The van der Waals surface area contributed by atoms with E-state index in [0.717, 1.165) is 50.0 Å². The molecule has 0 aliphatic rings. The fraction of sp³-hybridized carbons (Fsp3) is 0.615. The van der Waals surface area contributed by atoms with Gasteiger partial charge in [-0.15, -0.1) is 0 Å².